The van der Waals surface area contributed by atoms with E-state index in [1.165, 1.54) is 0 Å². The highest BCUT2D eigenvalue weighted by Gasteiger charge is 2.05. The van der Waals surface area contributed by atoms with E-state index < -0.39 is 0 Å². The minimum atomic E-state index is 0.398. The zero-order chi connectivity index (χ0) is 27.1. The maximum atomic E-state index is 6.40. The Labute approximate surface area is 232 Å². The van der Waals surface area contributed by atoms with Gasteiger partial charge in [-0.2, -0.15) is 20.5 Å². The number of hydrogen-bond donors (Lipinski definition) is 0. The maximum Gasteiger partial charge on any atom is 0.104 e. The molecule has 4 aromatic carbocycles. The molecule has 0 aliphatic rings. The van der Waals surface area contributed by atoms with Crippen LogP contribution in [0, 0.1) is 0 Å². The van der Waals surface area contributed by atoms with Crippen LogP contribution in [0.25, 0.3) is 0 Å². The highest BCUT2D eigenvalue weighted by Crippen LogP contribution is 2.35. The first-order valence-corrected chi connectivity index (χ1v) is 12.4. The molecule has 0 saturated carbocycles. The van der Waals surface area contributed by atoms with Gasteiger partial charge < -0.3 is 9.80 Å². The molecule has 0 aliphatic heterocycles. The number of anilines is 2. The summed E-state index contributed by atoms with van der Waals surface area (Å²) in [6.45, 7) is 0. The molecule has 0 aromatic heterocycles. The molecule has 0 unspecified atom stereocenters. The van der Waals surface area contributed by atoms with Gasteiger partial charge in [-0.25, -0.2) is 0 Å². The Morgan fingerprint density at radius 1 is 0.421 bits per heavy atom. The number of hydrogen-bond acceptors (Lipinski definition) is 8. The van der Waals surface area contributed by atoms with E-state index in [1.807, 2.05) is 86.5 Å². The molecular formula is C28H26Cl2N8. The summed E-state index contributed by atoms with van der Waals surface area (Å²) >= 11 is 12.8. The Bertz CT molecular complexity index is 1370. The molecule has 0 spiro atoms. The molecule has 0 saturated heterocycles. The van der Waals surface area contributed by atoms with Crippen molar-refractivity contribution >= 4 is 68.7 Å². The van der Waals surface area contributed by atoms with Crippen LogP contribution in [-0.2, 0) is 0 Å². The topological polar surface area (TPSA) is 80.6 Å². The SMILES string of the molecule is CN(C)c1ccc(/N=N/c2ccc(/N=N/c3ccc(/N=N/c4ccc(N(C)C)cc4)cc3Cl)c(Cl)c2)cc1. The largest absolute Gasteiger partial charge is 0.378 e. The standard InChI is InChI=1S/C28H26Cl2N8/c1-37(2)23-11-5-19(6-12-23)31-33-21-9-15-27(25(29)17-21)35-36-28-16-10-22(18-26(28)30)34-32-20-7-13-24(14-8-20)38(3)4/h5-18H,1-4H3/b33-31+,34-32+,36-35+. The predicted octanol–water partition coefficient (Wildman–Crippen LogP) is 10.4. The first kappa shape index (κ1) is 26.9. The molecule has 0 atom stereocenters. The molecule has 0 fully saturated rings. The number of halogens is 2. The van der Waals surface area contributed by atoms with E-state index in [0.29, 0.717) is 32.8 Å². The van der Waals surface area contributed by atoms with Crippen LogP contribution in [0.2, 0.25) is 10.0 Å². The van der Waals surface area contributed by atoms with E-state index >= 15 is 0 Å². The highest BCUT2D eigenvalue weighted by molar-refractivity contribution is 6.33. The van der Waals surface area contributed by atoms with Crippen molar-refractivity contribution in [3.8, 4) is 0 Å². The van der Waals surface area contributed by atoms with Crippen LogP contribution in [0.3, 0.4) is 0 Å². The van der Waals surface area contributed by atoms with Gasteiger partial charge in [0.25, 0.3) is 0 Å². The molecular weight excluding hydrogens is 519 g/mol. The van der Waals surface area contributed by atoms with Gasteiger partial charge in [0.05, 0.1) is 32.8 Å². The average Bonchev–Trinajstić information content (AvgIpc) is 2.91. The molecule has 0 bridgehead atoms. The average molecular weight is 545 g/mol. The van der Waals surface area contributed by atoms with E-state index in [0.717, 1.165) is 22.7 Å². The molecule has 0 heterocycles. The van der Waals surface area contributed by atoms with Crippen LogP contribution in [0.4, 0.5) is 45.5 Å². The summed E-state index contributed by atoms with van der Waals surface area (Å²) in [5, 5.41) is 26.3. The molecule has 4 rings (SSSR count). The summed E-state index contributed by atoms with van der Waals surface area (Å²) in [7, 11) is 7.95. The fraction of sp³-hybridized carbons (Fsp3) is 0.143. The normalized spacial score (nSPS) is 11.6. The highest BCUT2D eigenvalue weighted by atomic mass is 35.5. The van der Waals surface area contributed by atoms with Gasteiger partial charge >= 0.3 is 0 Å². The maximum absolute atomic E-state index is 6.40. The van der Waals surface area contributed by atoms with Crippen molar-refractivity contribution in [2.45, 2.75) is 0 Å². The second-order valence-electron chi connectivity index (χ2n) is 8.69. The van der Waals surface area contributed by atoms with Gasteiger partial charge in [-0.1, -0.05) is 23.2 Å². The first-order valence-electron chi connectivity index (χ1n) is 11.7. The number of benzene rings is 4. The lowest BCUT2D eigenvalue weighted by Gasteiger charge is -2.11. The molecule has 0 aliphatic carbocycles. The van der Waals surface area contributed by atoms with Crippen LogP contribution in [0.1, 0.15) is 0 Å². The molecule has 4 aromatic rings. The first-order chi connectivity index (χ1) is 18.3. The van der Waals surface area contributed by atoms with Crippen LogP contribution in [-0.4, -0.2) is 28.2 Å². The van der Waals surface area contributed by atoms with Crippen molar-refractivity contribution in [2.24, 2.45) is 30.7 Å². The van der Waals surface area contributed by atoms with Crippen molar-refractivity contribution in [2.75, 3.05) is 38.0 Å². The van der Waals surface area contributed by atoms with Crippen molar-refractivity contribution in [3.63, 3.8) is 0 Å². The van der Waals surface area contributed by atoms with E-state index in [1.54, 1.807) is 36.4 Å². The molecule has 192 valence electrons. The van der Waals surface area contributed by atoms with Crippen LogP contribution < -0.4 is 9.80 Å². The van der Waals surface area contributed by atoms with Gasteiger partial charge in [-0.3, -0.25) is 0 Å². The summed E-state index contributed by atoms with van der Waals surface area (Å²) in [6.07, 6.45) is 0. The fourth-order valence-electron chi connectivity index (χ4n) is 3.25. The van der Waals surface area contributed by atoms with Gasteiger partial charge in [0.15, 0.2) is 0 Å². The summed E-state index contributed by atoms with van der Waals surface area (Å²) in [4.78, 5) is 4.04. The van der Waals surface area contributed by atoms with Crippen molar-refractivity contribution in [1.29, 1.82) is 0 Å². The lowest BCUT2D eigenvalue weighted by Crippen LogP contribution is -2.07. The number of nitrogens with zero attached hydrogens (tertiary/aromatic N) is 8. The minimum Gasteiger partial charge on any atom is -0.378 e. The summed E-state index contributed by atoms with van der Waals surface area (Å²) in [5.74, 6) is 0. The lowest BCUT2D eigenvalue weighted by atomic mass is 10.3. The van der Waals surface area contributed by atoms with E-state index in [2.05, 4.69) is 30.7 Å². The number of rotatable bonds is 8. The Morgan fingerprint density at radius 2 is 0.737 bits per heavy atom. The quantitative estimate of drug-likeness (QED) is 0.206. The Morgan fingerprint density at radius 3 is 1.05 bits per heavy atom. The second kappa shape index (κ2) is 12.4. The molecule has 0 N–H and O–H groups in total. The van der Waals surface area contributed by atoms with Gasteiger partial charge in [-0.05, 0) is 84.9 Å². The third kappa shape index (κ3) is 7.21. The molecule has 38 heavy (non-hydrogen) atoms. The van der Waals surface area contributed by atoms with Gasteiger partial charge in [0.1, 0.15) is 11.4 Å². The van der Waals surface area contributed by atoms with Crippen LogP contribution in [0.15, 0.2) is 116 Å². The van der Waals surface area contributed by atoms with Crippen molar-refractivity contribution in [3.05, 3.63) is 95.0 Å². The summed E-state index contributed by atoms with van der Waals surface area (Å²) in [5.41, 5.74) is 5.86. The zero-order valence-electron chi connectivity index (χ0n) is 21.4. The third-order valence-corrected chi connectivity index (χ3v) is 6.03. The van der Waals surface area contributed by atoms with Crippen molar-refractivity contribution < 1.29 is 0 Å². The summed E-state index contributed by atoms with van der Waals surface area (Å²) in [6, 6.07) is 25.9. The van der Waals surface area contributed by atoms with Crippen LogP contribution in [0.5, 0.6) is 0 Å². The second-order valence-corrected chi connectivity index (χ2v) is 9.51. The Kier molecular flexibility index (Phi) is 8.78. The fourth-order valence-corrected chi connectivity index (χ4v) is 3.68. The Balaban J connectivity index is 1.41. The molecule has 0 radical (unpaired) electrons. The molecule has 0 amide bonds. The molecule has 10 heteroatoms. The monoisotopic (exact) mass is 544 g/mol. The zero-order valence-corrected chi connectivity index (χ0v) is 22.9. The van der Waals surface area contributed by atoms with E-state index in [9.17, 15) is 0 Å². The number of azo groups is 3. The van der Waals surface area contributed by atoms with Crippen molar-refractivity contribution in [1.82, 2.24) is 0 Å². The van der Waals surface area contributed by atoms with E-state index in [-0.39, 0.29) is 0 Å². The predicted molar refractivity (Wildman–Crippen MR) is 157 cm³/mol. The van der Waals surface area contributed by atoms with Crippen LogP contribution >= 0.6 is 23.2 Å². The minimum absolute atomic E-state index is 0.398. The smallest absolute Gasteiger partial charge is 0.104 e. The van der Waals surface area contributed by atoms with Gasteiger partial charge in [0.2, 0.25) is 0 Å². The van der Waals surface area contributed by atoms with Gasteiger partial charge in [-0.15, -0.1) is 10.2 Å². The molecule has 8 nitrogen and oxygen atoms in total. The Hall–Kier alpha value is -4.14. The summed E-state index contributed by atoms with van der Waals surface area (Å²) < 4.78 is 0. The lowest BCUT2D eigenvalue weighted by molar-refractivity contribution is 1.13. The third-order valence-electron chi connectivity index (χ3n) is 5.42. The van der Waals surface area contributed by atoms with Gasteiger partial charge in [0, 0.05) is 39.6 Å². The van der Waals surface area contributed by atoms with E-state index in [4.69, 9.17) is 23.2 Å².